The average molecular weight is 417 g/mol. The van der Waals surface area contributed by atoms with E-state index in [1.165, 1.54) is 0 Å². The molecule has 158 valence electrons. The number of Topliss-reactive ketones (excluding diaryl/α,β-unsaturated/α-hetero) is 1. The summed E-state index contributed by atoms with van der Waals surface area (Å²) in [5.41, 5.74) is 2.75. The lowest BCUT2D eigenvalue weighted by Crippen LogP contribution is -2.23. The van der Waals surface area contributed by atoms with Gasteiger partial charge in [-0.1, -0.05) is 18.2 Å². The topological polar surface area (TPSA) is 66.9 Å². The molecule has 1 fully saturated rings. The Labute approximate surface area is 180 Å². The van der Waals surface area contributed by atoms with Crippen molar-refractivity contribution in [3.05, 3.63) is 65.9 Å². The molecule has 0 bridgehead atoms. The quantitative estimate of drug-likeness (QED) is 0.570. The Kier molecular flexibility index (Phi) is 4.77. The first-order valence-corrected chi connectivity index (χ1v) is 10.3. The standard InChI is InChI=1S/C25H23NO5/c1-28-20-7-4-8-21(29-2)24(20)18-6-3-5-17(26-18)14-23(27)25(11-12-25)16-9-10-19-22(13-16)31-15-30-19/h3-10,13H,11-12,14-15H2,1-2H3. The number of carbonyl (C=O) groups excluding carboxylic acids is 1. The molecule has 0 N–H and O–H groups in total. The Morgan fingerprint density at radius 3 is 2.39 bits per heavy atom. The van der Waals surface area contributed by atoms with Crippen molar-refractivity contribution in [2.24, 2.45) is 0 Å². The number of ether oxygens (including phenoxy) is 4. The van der Waals surface area contributed by atoms with E-state index in [-0.39, 0.29) is 19.0 Å². The maximum Gasteiger partial charge on any atom is 0.231 e. The smallest absolute Gasteiger partial charge is 0.231 e. The number of fused-ring (bicyclic) bond motifs is 1. The van der Waals surface area contributed by atoms with Gasteiger partial charge in [0.2, 0.25) is 6.79 Å². The van der Waals surface area contributed by atoms with Crippen LogP contribution in [0.15, 0.2) is 54.6 Å². The summed E-state index contributed by atoms with van der Waals surface area (Å²) in [6.07, 6.45) is 1.94. The maximum atomic E-state index is 13.3. The van der Waals surface area contributed by atoms with Crippen molar-refractivity contribution in [3.8, 4) is 34.3 Å². The predicted molar refractivity (Wildman–Crippen MR) is 115 cm³/mol. The number of nitrogens with zero attached hydrogens (tertiary/aromatic N) is 1. The predicted octanol–water partition coefficient (Wildman–Crippen LogP) is 4.34. The van der Waals surface area contributed by atoms with Crippen LogP contribution in [-0.4, -0.2) is 31.8 Å². The van der Waals surface area contributed by atoms with Gasteiger partial charge >= 0.3 is 0 Å². The van der Waals surface area contributed by atoms with Crippen LogP contribution >= 0.6 is 0 Å². The number of benzene rings is 2. The molecule has 6 heteroatoms. The third-order valence-corrected chi connectivity index (χ3v) is 6.04. The molecular weight excluding hydrogens is 394 g/mol. The highest BCUT2D eigenvalue weighted by Crippen LogP contribution is 2.51. The van der Waals surface area contributed by atoms with Crippen LogP contribution in [0.25, 0.3) is 11.3 Å². The van der Waals surface area contributed by atoms with E-state index in [0.29, 0.717) is 22.9 Å². The zero-order chi connectivity index (χ0) is 21.4. The second-order valence-electron chi connectivity index (χ2n) is 7.80. The molecule has 0 unspecified atom stereocenters. The fraction of sp³-hybridized carbons (Fsp3) is 0.280. The highest BCUT2D eigenvalue weighted by molar-refractivity contribution is 5.94. The van der Waals surface area contributed by atoms with E-state index in [9.17, 15) is 4.79 Å². The first-order chi connectivity index (χ1) is 15.1. The van der Waals surface area contributed by atoms with Crippen LogP contribution in [0, 0.1) is 0 Å². The summed E-state index contributed by atoms with van der Waals surface area (Å²) in [6, 6.07) is 17.1. The van der Waals surface area contributed by atoms with Gasteiger partial charge in [0.15, 0.2) is 11.5 Å². The maximum absolute atomic E-state index is 13.3. The number of pyridine rings is 1. The molecular formula is C25H23NO5. The normalized spacial score (nSPS) is 15.4. The van der Waals surface area contributed by atoms with Gasteiger partial charge in [0.05, 0.1) is 30.9 Å². The van der Waals surface area contributed by atoms with E-state index in [1.807, 2.05) is 54.6 Å². The Morgan fingerprint density at radius 1 is 0.968 bits per heavy atom. The Balaban J connectivity index is 1.43. The minimum atomic E-state index is -0.458. The minimum Gasteiger partial charge on any atom is -0.496 e. The number of ketones is 1. The Morgan fingerprint density at radius 2 is 1.68 bits per heavy atom. The summed E-state index contributed by atoms with van der Waals surface area (Å²) in [5, 5.41) is 0. The molecule has 6 nitrogen and oxygen atoms in total. The van der Waals surface area contributed by atoms with Gasteiger partial charge < -0.3 is 18.9 Å². The van der Waals surface area contributed by atoms with Gasteiger partial charge in [-0.15, -0.1) is 0 Å². The monoisotopic (exact) mass is 417 g/mol. The van der Waals surface area contributed by atoms with Crippen molar-refractivity contribution < 1.29 is 23.7 Å². The zero-order valence-electron chi connectivity index (χ0n) is 17.5. The van der Waals surface area contributed by atoms with Gasteiger partial charge in [-0.2, -0.15) is 0 Å². The van der Waals surface area contributed by atoms with E-state index < -0.39 is 5.41 Å². The molecule has 1 aliphatic heterocycles. The number of hydrogen-bond donors (Lipinski definition) is 0. The fourth-order valence-corrected chi connectivity index (χ4v) is 4.20. The SMILES string of the molecule is COc1cccc(OC)c1-c1cccc(CC(=O)C2(c3ccc4c(c3)OCO4)CC2)n1. The molecule has 5 rings (SSSR count). The summed E-state index contributed by atoms with van der Waals surface area (Å²) in [7, 11) is 3.24. The van der Waals surface area contributed by atoms with Crippen molar-refractivity contribution in [2.75, 3.05) is 21.0 Å². The lowest BCUT2D eigenvalue weighted by atomic mass is 9.88. The van der Waals surface area contributed by atoms with Gasteiger partial charge in [0, 0.05) is 12.1 Å². The molecule has 31 heavy (non-hydrogen) atoms. The van der Waals surface area contributed by atoms with E-state index in [1.54, 1.807) is 14.2 Å². The molecule has 2 aliphatic rings. The van der Waals surface area contributed by atoms with Crippen LogP contribution in [0.1, 0.15) is 24.1 Å². The fourth-order valence-electron chi connectivity index (χ4n) is 4.20. The van der Waals surface area contributed by atoms with Crippen LogP contribution in [0.2, 0.25) is 0 Å². The second-order valence-corrected chi connectivity index (χ2v) is 7.80. The highest BCUT2D eigenvalue weighted by Gasteiger charge is 2.51. The molecule has 1 saturated carbocycles. The van der Waals surface area contributed by atoms with Crippen LogP contribution in [0.5, 0.6) is 23.0 Å². The van der Waals surface area contributed by atoms with E-state index in [2.05, 4.69) is 0 Å². The number of hydrogen-bond acceptors (Lipinski definition) is 6. The summed E-state index contributed by atoms with van der Waals surface area (Å²) >= 11 is 0. The number of carbonyl (C=O) groups is 1. The van der Waals surface area contributed by atoms with E-state index in [0.717, 1.165) is 35.4 Å². The third-order valence-electron chi connectivity index (χ3n) is 6.04. The van der Waals surface area contributed by atoms with Crippen LogP contribution in [-0.2, 0) is 16.6 Å². The van der Waals surface area contributed by atoms with Crippen molar-refractivity contribution in [2.45, 2.75) is 24.7 Å². The zero-order valence-corrected chi connectivity index (χ0v) is 17.5. The number of aromatic nitrogens is 1. The summed E-state index contributed by atoms with van der Waals surface area (Å²) in [6.45, 7) is 0.225. The Bertz CT molecular complexity index is 1130. The molecule has 1 aromatic heterocycles. The summed E-state index contributed by atoms with van der Waals surface area (Å²) < 4.78 is 21.9. The van der Waals surface area contributed by atoms with Gasteiger partial charge in [0.25, 0.3) is 0 Å². The van der Waals surface area contributed by atoms with E-state index in [4.69, 9.17) is 23.9 Å². The molecule has 0 spiro atoms. The van der Waals surface area contributed by atoms with Crippen molar-refractivity contribution in [3.63, 3.8) is 0 Å². The lowest BCUT2D eigenvalue weighted by molar-refractivity contribution is -0.120. The highest BCUT2D eigenvalue weighted by atomic mass is 16.7. The summed E-state index contributed by atoms with van der Waals surface area (Å²) in [4.78, 5) is 18.1. The average Bonchev–Trinajstić information content (AvgIpc) is 3.49. The van der Waals surface area contributed by atoms with Crippen LogP contribution in [0.4, 0.5) is 0 Å². The summed E-state index contributed by atoms with van der Waals surface area (Å²) in [5.74, 6) is 2.96. The van der Waals surface area contributed by atoms with Crippen LogP contribution in [0.3, 0.4) is 0 Å². The third kappa shape index (κ3) is 3.38. The van der Waals surface area contributed by atoms with E-state index >= 15 is 0 Å². The van der Waals surface area contributed by atoms with Gasteiger partial charge in [-0.05, 0) is 54.8 Å². The first kappa shape index (κ1) is 19.4. The molecule has 3 aromatic rings. The molecule has 0 radical (unpaired) electrons. The van der Waals surface area contributed by atoms with Gasteiger partial charge in [0.1, 0.15) is 17.3 Å². The molecule has 0 saturated heterocycles. The number of methoxy groups -OCH3 is 2. The van der Waals surface area contributed by atoms with Crippen molar-refractivity contribution in [1.29, 1.82) is 0 Å². The molecule has 0 atom stereocenters. The minimum absolute atomic E-state index is 0.169. The number of rotatable bonds is 7. The molecule has 1 aliphatic carbocycles. The Hall–Kier alpha value is -3.54. The molecule has 2 aromatic carbocycles. The molecule has 0 amide bonds. The molecule has 2 heterocycles. The van der Waals surface area contributed by atoms with Crippen LogP contribution < -0.4 is 18.9 Å². The van der Waals surface area contributed by atoms with Gasteiger partial charge in [-0.3, -0.25) is 9.78 Å². The largest absolute Gasteiger partial charge is 0.496 e. The van der Waals surface area contributed by atoms with Gasteiger partial charge in [-0.25, -0.2) is 0 Å². The first-order valence-electron chi connectivity index (χ1n) is 10.3. The van der Waals surface area contributed by atoms with Crippen molar-refractivity contribution in [1.82, 2.24) is 4.98 Å². The second kappa shape index (κ2) is 7.61. The van der Waals surface area contributed by atoms with Crippen molar-refractivity contribution >= 4 is 5.78 Å². The lowest BCUT2D eigenvalue weighted by Gasteiger charge is -2.16.